The number of hydrogen-bond acceptors (Lipinski definition) is 3. The van der Waals surface area contributed by atoms with Crippen LogP contribution in [0.2, 0.25) is 5.02 Å². The van der Waals surface area contributed by atoms with Crippen LogP contribution in [-0.2, 0) is 4.74 Å². The minimum absolute atomic E-state index is 0.571. The highest BCUT2D eigenvalue weighted by Gasteiger charge is 2.09. The van der Waals surface area contributed by atoms with Crippen molar-refractivity contribution in [2.75, 3.05) is 19.8 Å². The molecular weight excluding hydrogens is 240 g/mol. The second-order valence-corrected chi connectivity index (χ2v) is 4.19. The molecule has 0 saturated heterocycles. The number of benzene rings is 1. The van der Waals surface area contributed by atoms with Crippen LogP contribution in [-0.4, -0.2) is 24.9 Å². The van der Waals surface area contributed by atoms with Crippen molar-refractivity contribution in [3.63, 3.8) is 0 Å². The molecule has 0 radical (unpaired) electrons. The van der Waals surface area contributed by atoms with Gasteiger partial charge in [0.2, 0.25) is 0 Å². The quantitative estimate of drug-likeness (QED) is 0.764. The van der Waals surface area contributed by atoms with Gasteiger partial charge >= 0.3 is 0 Å². The fourth-order valence-electron chi connectivity index (χ4n) is 1.46. The maximum Gasteiger partial charge on any atom is 0.125 e. The van der Waals surface area contributed by atoms with Crippen molar-refractivity contribution in [3.05, 3.63) is 28.8 Å². The zero-order chi connectivity index (χ0) is 12.7. The van der Waals surface area contributed by atoms with Crippen molar-refractivity contribution in [2.24, 2.45) is 0 Å². The van der Waals surface area contributed by atoms with Gasteiger partial charge in [-0.25, -0.2) is 0 Å². The van der Waals surface area contributed by atoms with E-state index in [-0.39, 0.29) is 0 Å². The van der Waals surface area contributed by atoms with Gasteiger partial charge < -0.3 is 14.6 Å². The Kier molecular flexibility index (Phi) is 6.34. The molecule has 1 rings (SSSR count). The first-order valence-electron chi connectivity index (χ1n) is 5.83. The first-order chi connectivity index (χ1) is 8.15. The Morgan fingerprint density at radius 2 is 2.12 bits per heavy atom. The van der Waals surface area contributed by atoms with Gasteiger partial charge in [-0.1, -0.05) is 11.6 Å². The molecule has 0 heterocycles. The maximum absolute atomic E-state index is 9.61. The lowest BCUT2D eigenvalue weighted by Gasteiger charge is -2.13. The summed E-state index contributed by atoms with van der Waals surface area (Å²) in [5.41, 5.74) is 0.717. The molecule has 0 spiro atoms. The third-order valence-corrected chi connectivity index (χ3v) is 2.55. The van der Waals surface area contributed by atoms with Gasteiger partial charge in [0.25, 0.3) is 0 Å². The minimum Gasteiger partial charge on any atom is -0.493 e. The van der Waals surface area contributed by atoms with Gasteiger partial charge in [0, 0.05) is 30.2 Å². The lowest BCUT2D eigenvalue weighted by Crippen LogP contribution is -2.05. The summed E-state index contributed by atoms with van der Waals surface area (Å²) >= 11 is 5.88. The van der Waals surface area contributed by atoms with Crippen molar-refractivity contribution in [2.45, 2.75) is 26.4 Å². The summed E-state index contributed by atoms with van der Waals surface area (Å²) in [7, 11) is 0. The summed E-state index contributed by atoms with van der Waals surface area (Å²) in [6.45, 7) is 5.64. The molecule has 1 atom stereocenters. The summed E-state index contributed by atoms with van der Waals surface area (Å²) in [5, 5.41) is 10.2. The second kappa shape index (κ2) is 7.54. The third-order valence-electron chi connectivity index (χ3n) is 2.32. The summed E-state index contributed by atoms with van der Waals surface area (Å²) in [6, 6.07) is 5.26. The van der Waals surface area contributed by atoms with Gasteiger partial charge in [0.05, 0.1) is 12.7 Å². The van der Waals surface area contributed by atoms with E-state index in [2.05, 4.69) is 0 Å². The van der Waals surface area contributed by atoms with Crippen LogP contribution in [0.1, 0.15) is 31.9 Å². The van der Waals surface area contributed by atoms with Gasteiger partial charge in [-0.3, -0.25) is 0 Å². The van der Waals surface area contributed by atoms with Gasteiger partial charge in [-0.05, 0) is 32.0 Å². The van der Waals surface area contributed by atoms with Crippen LogP contribution in [0.3, 0.4) is 0 Å². The first kappa shape index (κ1) is 14.3. The first-order valence-corrected chi connectivity index (χ1v) is 6.21. The molecule has 0 aliphatic carbocycles. The number of aliphatic hydroxyl groups excluding tert-OH is 1. The highest BCUT2D eigenvalue weighted by Crippen LogP contribution is 2.28. The molecule has 0 amide bonds. The normalized spacial score (nSPS) is 12.5. The molecule has 96 valence electrons. The van der Waals surface area contributed by atoms with E-state index in [9.17, 15) is 5.11 Å². The Labute approximate surface area is 107 Å². The number of rotatable bonds is 7. The van der Waals surface area contributed by atoms with Crippen LogP contribution in [0, 0.1) is 0 Å². The van der Waals surface area contributed by atoms with E-state index in [1.54, 1.807) is 25.1 Å². The summed E-state index contributed by atoms with van der Waals surface area (Å²) in [4.78, 5) is 0. The Morgan fingerprint density at radius 1 is 1.35 bits per heavy atom. The van der Waals surface area contributed by atoms with Crippen LogP contribution >= 0.6 is 11.6 Å². The predicted molar refractivity (Wildman–Crippen MR) is 68.7 cm³/mol. The van der Waals surface area contributed by atoms with E-state index in [1.165, 1.54) is 0 Å². The predicted octanol–water partition coefficient (Wildman–Crippen LogP) is 3.20. The van der Waals surface area contributed by atoms with E-state index in [0.29, 0.717) is 29.5 Å². The standard InChI is InChI=1S/C13H19ClO3/c1-3-16-7-4-8-17-13-6-5-11(14)9-12(13)10(2)15/h5-6,9-10,15H,3-4,7-8H2,1-2H3/t10-/m0/s1. The molecule has 0 aromatic heterocycles. The van der Waals surface area contributed by atoms with Crippen molar-refractivity contribution in [1.29, 1.82) is 0 Å². The zero-order valence-electron chi connectivity index (χ0n) is 10.3. The van der Waals surface area contributed by atoms with Crippen LogP contribution in [0.15, 0.2) is 18.2 Å². The lowest BCUT2D eigenvalue weighted by molar-refractivity contribution is 0.129. The van der Waals surface area contributed by atoms with Crippen LogP contribution in [0.25, 0.3) is 0 Å². The number of hydrogen-bond donors (Lipinski definition) is 1. The van der Waals surface area contributed by atoms with E-state index in [0.717, 1.165) is 13.0 Å². The smallest absolute Gasteiger partial charge is 0.125 e. The van der Waals surface area contributed by atoms with E-state index < -0.39 is 6.10 Å². The molecule has 1 N–H and O–H groups in total. The Bertz CT molecular complexity index is 339. The zero-order valence-corrected chi connectivity index (χ0v) is 11.0. The van der Waals surface area contributed by atoms with Crippen molar-refractivity contribution in [3.8, 4) is 5.75 Å². The van der Waals surface area contributed by atoms with E-state index in [1.807, 2.05) is 6.92 Å². The summed E-state index contributed by atoms with van der Waals surface area (Å²) in [5.74, 6) is 0.681. The molecular formula is C13H19ClO3. The molecule has 0 fully saturated rings. The van der Waals surface area contributed by atoms with Crippen LogP contribution in [0.4, 0.5) is 0 Å². The largest absolute Gasteiger partial charge is 0.493 e. The maximum atomic E-state index is 9.61. The topological polar surface area (TPSA) is 38.7 Å². The van der Waals surface area contributed by atoms with Crippen molar-refractivity contribution in [1.82, 2.24) is 0 Å². The number of aliphatic hydroxyl groups is 1. The number of halogens is 1. The molecule has 0 unspecified atom stereocenters. The Balaban J connectivity index is 2.52. The molecule has 1 aromatic carbocycles. The molecule has 4 heteroatoms. The second-order valence-electron chi connectivity index (χ2n) is 3.76. The fraction of sp³-hybridized carbons (Fsp3) is 0.538. The number of ether oxygens (including phenoxy) is 2. The SMILES string of the molecule is CCOCCCOc1ccc(Cl)cc1[C@H](C)O. The molecule has 0 bridgehead atoms. The monoisotopic (exact) mass is 258 g/mol. The van der Waals surface area contributed by atoms with Crippen molar-refractivity contribution >= 4 is 11.6 Å². The Hall–Kier alpha value is -0.770. The van der Waals surface area contributed by atoms with Gasteiger partial charge in [-0.15, -0.1) is 0 Å². The molecule has 0 saturated carbocycles. The molecule has 0 aliphatic rings. The van der Waals surface area contributed by atoms with Crippen LogP contribution < -0.4 is 4.74 Å². The Morgan fingerprint density at radius 3 is 2.76 bits per heavy atom. The lowest BCUT2D eigenvalue weighted by atomic mass is 10.1. The average Bonchev–Trinajstić information content (AvgIpc) is 2.30. The van der Waals surface area contributed by atoms with E-state index in [4.69, 9.17) is 21.1 Å². The molecule has 3 nitrogen and oxygen atoms in total. The summed E-state index contributed by atoms with van der Waals surface area (Å²) < 4.78 is 10.8. The minimum atomic E-state index is -0.587. The highest BCUT2D eigenvalue weighted by molar-refractivity contribution is 6.30. The van der Waals surface area contributed by atoms with Gasteiger partial charge in [0.1, 0.15) is 5.75 Å². The van der Waals surface area contributed by atoms with E-state index >= 15 is 0 Å². The van der Waals surface area contributed by atoms with Gasteiger partial charge in [0.15, 0.2) is 0 Å². The highest BCUT2D eigenvalue weighted by atomic mass is 35.5. The van der Waals surface area contributed by atoms with Gasteiger partial charge in [-0.2, -0.15) is 0 Å². The molecule has 1 aromatic rings. The fourth-order valence-corrected chi connectivity index (χ4v) is 1.65. The summed E-state index contributed by atoms with van der Waals surface area (Å²) in [6.07, 6.45) is 0.242. The van der Waals surface area contributed by atoms with Crippen molar-refractivity contribution < 1.29 is 14.6 Å². The average molecular weight is 259 g/mol. The third kappa shape index (κ3) is 4.94. The van der Waals surface area contributed by atoms with Crippen LogP contribution in [0.5, 0.6) is 5.75 Å². The molecule has 0 aliphatic heterocycles. The molecule has 17 heavy (non-hydrogen) atoms.